The van der Waals surface area contributed by atoms with Gasteiger partial charge in [-0.1, -0.05) is 11.6 Å². The molecule has 0 fully saturated rings. The van der Waals surface area contributed by atoms with E-state index < -0.39 is 5.56 Å². The summed E-state index contributed by atoms with van der Waals surface area (Å²) in [6.45, 7) is 1.84. The minimum Gasteiger partial charge on any atom is -0.460 e. The van der Waals surface area contributed by atoms with Crippen molar-refractivity contribution in [1.29, 1.82) is 0 Å². The van der Waals surface area contributed by atoms with Crippen molar-refractivity contribution >= 4 is 23.5 Å². The summed E-state index contributed by atoms with van der Waals surface area (Å²) in [5, 5.41) is 9.68. The molecular weight excluding hydrogens is 244 g/mol. The van der Waals surface area contributed by atoms with E-state index in [0.29, 0.717) is 11.4 Å². The summed E-state index contributed by atoms with van der Waals surface area (Å²) in [6.07, 6.45) is 2.85. The molecule has 2 rings (SSSR count). The van der Waals surface area contributed by atoms with Crippen LogP contribution in [0.4, 0.5) is 5.69 Å². The van der Waals surface area contributed by atoms with Gasteiger partial charge in [-0.05, 0) is 19.1 Å². The number of aromatic amines is 1. The number of rotatable bonds is 3. The van der Waals surface area contributed by atoms with E-state index in [1.807, 2.05) is 13.0 Å². The van der Waals surface area contributed by atoms with Gasteiger partial charge in [-0.15, -0.1) is 0 Å². The fourth-order valence-electron chi connectivity index (χ4n) is 1.15. The SMILES string of the molecule is Cc1ccc(/C=N/Nc2cn[nH]c(=O)c2Cl)o1. The summed E-state index contributed by atoms with van der Waals surface area (Å²) >= 11 is 5.74. The van der Waals surface area contributed by atoms with Gasteiger partial charge in [-0.3, -0.25) is 10.2 Å². The molecule has 2 aromatic heterocycles. The third kappa shape index (κ3) is 2.73. The summed E-state index contributed by atoms with van der Waals surface area (Å²) in [7, 11) is 0. The number of aromatic nitrogens is 2. The lowest BCUT2D eigenvalue weighted by molar-refractivity contribution is 0.528. The largest absolute Gasteiger partial charge is 0.460 e. The zero-order valence-electron chi connectivity index (χ0n) is 8.90. The molecule has 0 aliphatic carbocycles. The van der Waals surface area contributed by atoms with Crippen LogP contribution in [0.25, 0.3) is 0 Å². The zero-order chi connectivity index (χ0) is 12.3. The van der Waals surface area contributed by atoms with Crippen LogP contribution in [-0.2, 0) is 0 Å². The van der Waals surface area contributed by atoms with E-state index in [9.17, 15) is 4.79 Å². The second-order valence-corrected chi connectivity index (χ2v) is 3.62. The first kappa shape index (κ1) is 11.4. The topological polar surface area (TPSA) is 83.3 Å². The second-order valence-electron chi connectivity index (χ2n) is 3.25. The van der Waals surface area contributed by atoms with E-state index in [-0.39, 0.29) is 5.02 Å². The van der Waals surface area contributed by atoms with E-state index in [4.69, 9.17) is 16.0 Å². The first-order chi connectivity index (χ1) is 8.16. The van der Waals surface area contributed by atoms with Crippen molar-refractivity contribution in [2.45, 2.75) is 6.92 Å². The second kappa shape index (κ2) is 4.84. The van der Waals surface area contributed by atoms with Gasteiger partial charge in [0.15, 0.2) is 0 Å². The fraction of sp³-hybridized carbons (Fsp3) is 0.100. The van der Waals surface area contributed by atoms with Crippen LogP contribution in [0.5, 0.6) is 0 Å². The Hall–Kier alpha value is -2.08. The highest BCUT2D eigenvalue weighted by atomic mass is 35.5. The van der Waals surface area contributed by atoms with Gasteiger partial charge in [0.25, 0.3) is 5.56 Å². The number of nitrogens with zero attached hydrogens (tertiary/aromatic N) is 2. The zero-order valence-corrected chi connectivity index (χ0v) is 9.65. The molecule has 0 aromatic carbocycles. The third-order valence-electron chi connectivity index (χ3n) is 1.93. The number of hydrazone groups is 1. The standard InChI is InChI=1S/C10H9ClN4O2/c1-6-2-3-7(17-6)4-12-14-8-5-13-15-10(16)9(8)11/h2-5H,1H3,(H2,14,15,16)/b12-4+. The average Bonchev–Trinajstić information content (AvgIpc) is 2.70. The summed E-state index contributed by atoms with van der Waals surface area (Å²) in [5.74, 6) is 1.39. The van der Waals surface area contributed by atoms with E-state index >= 15 is 0 Å². The Morgan fingerprint density at radius 3 is 3.12 bits per heavy atom. The van der Waals surface area contributed by atoms with Crippen molar-refractivity contribution in [2.24, 2.45) is 5.10 Å². The molecule has 0 atom stereocenters. The first-order valence-corrected chi connectivity index (χ1v) is 5.13. The predicted octanol–water partition coefficient (Wildman–Crippen LogP) is 1.77. The summed E-state index contributed by atoms with van der Waals surface area (Å²) in [5.41, 5.74) is 2.46. The van der Waals surface area contributed by atoms with Crippen LogP contribution in [0, 0.1) is 6.92 Å². The predicted molar refractivity (Wildman–Crippen MR) is 64.5 cm³/mol. The molecule has 0 radical (unpaired) electrons. The number of hydrogen-bond donors (Lipinski definition) is 2. The van der Waals surface area contributed by atoms with Crippen molar-refractivity contribution < 1.29 is 4.42 Å². The first-order valence-electron chi connectivity index (χ1n) is 4.75. The van der Waals surface area contributed by atoms with Gasteiger partial charge in [0.1, 0.15) is 22.2 Å². The molecule has 17 heavy (non-hydrogen) atoms. The summed E-state index contributed by atoms with van der Waals surface area (Å²) in [6, 6.07) is 3.60. The van der Waals surface area contributed by atoms with Gasteiger partial charge in [0.2, 0.25) is 0 Å². The number of hydrogen-bond acceptors (Lipinski definition) is 5. The minimum absolute atomic E-state index is 0.00720. The number of nitrogens with one attached hydrogen (secondary N) is 2. The molecule has 0 amide bonds. The Morgan fingerprint density at radius 2 is 2.41 bits per heavy atom. The summed E-state index contributed by atoms with van der Waals surface area (Å²) < 4.78 is 5.27. The number of H-pyrrole nitrogens is 1. The average molecular weight is 253 g/mol. The van der Waals surface area contributed by atoms with Crippen LogP contribution < -0.4 is 11.0 Å². The number of anilines is 1. The molecule has 2 N–H and O–H groups in total. The summed E-state index contributed by atoms with van der Waals surface area (Å²) in [4.78, 5) is 11.1. The van der Waals surface area contributed by atoms with Gasteiger partial charge < -0.3 is 4.42 Å². The van der Waals surface area contributed by atoms with Crippen LogP contribution in [-0.4, -0.2) is 16.4 Å². The molecule has 0 unspecified atom stereocenters. The third-order valence-corrected chi connectivity index (χ3v) is 2.31. The molecule has 88 valence electrons. The normalized spacial score (nSPS) is 10.9. The molecule has 0 saturated heterocycles. The maximum atomic E-state index is 11.1. The molecule has 2 heterocycles. The van der Waals surface area contributed by atoms with E-state index in [0.717, 1.165) is 5.76 Å². The van der Waals surface area contributed by atoms with Crippen LogP contribution in [0.1, 0.15) is 11.5 Å². The molecule has 0 aliphatic rings. The monoisotopic (exact) mass is 252 g/mol. The van der Waals surface area contributed by atoms with Crippen LogP contribution in [0.2, 0.25) is 5.02 Å². The van der Waals surface area contributed by atoms with Gasteiger partial charge in [-0.2, -0.15) is 10.2 Å². The van der Waals surface area contributed by atoms with E-state index in [1.165, 1.54) is 12.4 Å². The van der Waals surface area contributed by atoms with E-state index in [2.05, 4.69) is 20.7 Å². The van der Waals surface area contributed by atoms with Gasteiger partial charge in [0.05, 0.1) is 12.4 Å². The van der Waals surface area contributed by atoms with Gasteiger partial charge in [-0.25, -0.2) is 5.10 Å². The number of furan rings is 1. The Labute approximate surface area is 101 Å². The lowest BCUT2D eigenvalue weighted by Gasteiger charge is -1.99. The van der Waals surface area contributed by atoms with Crippen molar-refractivity contribution in [2.75, 3.05) is 5.43 Å². The van der Waals surface area contributed by atoms with Crippen molar-refractivity contribution in [3.05, 3.63) is 45.2 Å². The Kier molecular flexibility index (Phi) is 3.24. The molecule has 7 heteroatoms. The highest BCUT2D eigenvalue weighted by molar-refractivity contribution is 6.32. The smallest absolute Gasteiger partial charge is 0.285 e. The lowest BCUT2D eigenvalue weighted by atomic mass is 10.4. The number of aryl methyl sites for hydroxylation is 1. The molecule has 2 aromatic rings. The number of halogens is 1. The van der Waals surface area contributed by atoms with E-state index in [1.54, 1.807) is 6.07 Å². The van der Waals surface area contributed by atoms with Gasteiger partial charge >= 0.3 is 0 Å². The molecule has 0 bridgehead atoms. The van der Waals surface area contributed by atoms with Gasteiger partial charge in [0, 0.05) is 0 Å². The fourth-order valence-corrected chi connectivity index (χ4v) is 1.28. The molecule has 0 spiro atoms. The molecule has 0 aliphatic heterocycles. The highest BCUT2D eigenvalue weighted by Gasteiger charge is 2.02. The molecule has 6 nitrogen and oxygen atoms in total. The Morgan fingerprint density at radius 1 is 1.59 bits per heavy atom. The minimum atomic E-state index is -0.472. The lowest BCUT2D eigenvalue weighted by Crippen LogP contribution is -2.09. The molecule has 0 saturated carbocycles. The van der Waals surface area contributed by atoms with Crippen molar-refractivity contribution in [3.63, 3.8) is 0 Å². The van der Waals surface area contributed by atoms with Crippen LogP contribution in [0.15, 0.2) is 32.6 Å². The van der Waals surface area contributed by atoms with Crippen LogP contribution in [0.3, 0.4) is 0 Å². The van der Waals surface area contributed by atoms with Crippen molar-refractivity contribution in [3.8, 4) is 0 Å². The quantitative estimate of drug-likeness (QED) is 0.644. The maximum absolute atomic E-state index is 11.1. The Bertz CT molecular complexity index is 602. The van der Waals surface area contributed by atoms with Crippen molar-refractivity contribution in [1.82, 2.24) is 10.2 Å². The highest BCUT2D eigenvalue weighted by Crippen LogP contribution is 2.14. The maximum Gasteiger partial charge on any atom is 0.285 e. The molecular formula is C10H9ClN4O2. The van der Waals surface area contributed by atoms with Crippen LogP contribution >= 0.6 is 11.6 Å². The Balaban J connectivity index is 2.10.